The second-order valence-electron chi connectivity index (χ2n) is 2.09. The predicted molar refractivity (Wildman–Crippen MR) is 37.5 cm³/mol. The van der Waals surface area contributed by atoms with Gasteiger partial charge in [0, 0.05) is 12.5 Å². The van der Waals surface area contributed by atoms with Crippen molar-refractivity contribution in [2.75, 3.05) is 0 Å². The van der Waals surface area contributed by atoms with Crippen molar-refractivity contribution in [2.24, 2.45) is 0 Å². The summed E-state index contributed by atoms with van der Waals surface area (Å²) < 4.78 is 5.22. The van der Waals surface area contributed by atoms with Crippen LogP contribution in [0, 0.1) is 0 Å². The van der Waals surface area contributed by atoms with Gasteiger partial charge in [-0.3, -0.25) is 4.79 Å². The van der Waals surface area contributed by atoms with E-state index >= 15 is 0 Å². The highest BCUT2D eigenvalue weighted by Gasteiger charge is 2.02. The Morgan fingerprint density at radius 2 is 2.33 bits per heavy atom. The van der Waals surface area contributed by atoms with E-state index in [1.807, 2.05) is 12.7 Å². The molecule has 0 aromatic carbocycles. The lowest BCUT2D eigenvalue weighted by Crippen LogP contribution is -2.13. The van der Waals surface area contributed by atoms with E-state index in [1.165, 1.54) is 0 Å². The fraction of sp³-hybridized carbons (Fsp3) is 0.833. The zero-order chi connectivity index (χ0) is 7.28. The lowest BCUT2D eigenvalue weighted by atomic mass is 10.2. The van der Waals surface area contributed by atoms with Gasteiger partial charge in [-0.05, 0) is 13.8 Å². The van der Waals surface area contributed by atoms with Gasteiger partial charge < -0.3 is 3.79 Å². The molecule has 0 fully saturated rings. The van der Waals surface area contributed by atoms with Crippen LogP contribution in [-0.2, 0) is 8.58 Å². The molecule has 1 atom stereocenters. The van der Waals surface area contributed by atoms with Crippen LogP contribution < -0.4 is 0 Å². The van der Waals surface area contributed by atoms with E-state index in [9.17, 15) is 4.79 Å². The van der Waals surface area contributed by atoms with Crippen molar-refractivity contribution in [1.29, 1.82) is 0 Å². The predicted octanol–water partition coefficient (Wildman–Crippen LogP) is 1.04. The summed E-state index contributed by atoms with van der Waals surface area (Å²) in [6.45, 7) is 3.52. The van der Waals surface area contributed by atoms with Crippen LogP contribution in [0.4, 0.5) is 0 Å². The van der Waals surface area contributed by atoms with Gasteiger partial charge in [0.15, 0.2) is 0 Å². The third-order valence-corrected chi connectivity index (χ3v) is 1.68. The lowest BCUT2D eigenvalue weighted by molar-refractivity contribution is -0.118. The number of rotatable bonds is 4. The molecule has 0 rings (SSSR count). The molecule has 3 heteroatoms. The molecule has 1 unspecified atom stereocenters. The van der Waals surface area contributed by atoms with Gasteiger partial charge in [-0.25, -0.2) is 0 Å². The fourth-order valence-corrected chi connectivity index (χ4v) is 1.25. The topological polar surface area (TPSA) is 26.3 Å². The van der Waals surface area contributed by atoms with Crippen LogP contribution in [0.2, 0.25) is 5.79 Å². The van der Waals surface area contributed by atoms with Gasteiger partial charge in [0.1, 0.15) is 5.78 Å². The highest BCUT2D eigenvalue weighted by molar-refractivity contribution is 6.24. The van der Waals surface area contributed by atoms with Crippen molar-refractivity contribution in [2.45, 2.75) is 32.2 Å². The Kier molecular flexibility index (Phi) is 5.08. The maximum atomic E-state index is 10.5. The quantitative estimate of drug-likeness (QED) is 0.549. The summed E-state index contributed by atoms with van der Waals surface area (Å²) >= 11 is 0.0784. The molecule has 0 saturated heterocycles. The largest absolute Gasteiger partial charge is 0.504 e. The summed E-state index contributed by atoms with van der Waals surface area (Å²) in [4.78, 5) is 10.5. The van der Waals surface area contributed by atoms with E-state index in [4.69, 9.17) is 3.79 Å². The minimum Gasteiger partial charge on any atom is -0.504 e. The van der Waals surface area contributed by atoms with Gasteiger partial charge >= 0.3 is 15.6 Å². The first-order valence-corrected chi connectivity index (χ1v) is 4.72. The van der Waals surface area contributed by atoms with Crippen LogP contribution in [0.3, 0.4) is 0 Å². The first kappa shape index (κ1) is 9.16. The van der Waals surface area contributed by atoms with Crippen molar-refractivity contribution < 1.29 is 8.58 Å². The summed E-state index contributed by atoms with van der Waals surface area (Å²) in [6.07, 6.45) is 0.684. The van der Waals surface area contributed by atoms with Crippen LogP contribution in [-0.4, -0.2) is 27.4 Å². The average molecular weight is 143 g/mol. The smallest absolute Gasteiger partial charge is 0.419 e. The van der Waals surface area contributed by atoms with Crippen LogP contribution in [0.5, 0.6) is 0 Å². The van der Waals surface area contributed by atoms with Crippen molar-refractivity contribution >= 4 is 21.3 Å². The SMILES string of the molecule is [CH3][Al][O]C(C)CC(C)=O. The Bertz CT molecular complexity index is 93.1. The normalized spacial score (nSPS) is 12.8. The van der Waals surface area contributed by atoms with Gasteiger partial charge in [0.25, 0.3) is 0 Å². The molecule has 0 aliphatic carbocycles. The molecule has 0 amide bonds. The Morgan fingerprint density at radius 3 is 2.67 bits per heavy atom. The number of Topliss-reactive ketones (excluding diaryl/α,β-unsaturated/α-hetero) is 1. The minimum absolute atomic E-state index is 0.0784. The van der Waals surface area contributed by atoms with Crippen LogP contribution >= 0.6 is 0 Å². The Balaban J connectivity index is 3.26. The molecule has 1 radical (unpaired) electrons. The number of carbonyl (C=O) groups excluding carboxylic acids is 1. The molecule has 9 heavy (non-hydrogen) atoms. The van der Waals surface area contributed by atoms with E-state index in [-0.39, 0.29) is 27.4 Å². The summed E-state index contributed by atoms with van der Waals surface area (Å²) in [7, 11) is 0. The van der Waals surface area contributed by atoms with Crippen molar-refractivity contribution in [3.8, 4) is 0 Å². The molecule has 0 aliphatic rings. The third-order valence-electron chi connectivity index (χ3n) is 0.943. The lowest BCUT2D eigenvalue weighted by Gasteiger charge is -2.08. The van der Waals surface area contributed by atoms with Gasteiger partial charge in [0.2, 0.25) is 0 Å². The standard InChI is InChI=1S/C5H9O2.CH3.Al/c1-4(6)3-5(2)7;;/h4H,3H2,1-2H3;1H3;/q-1;;+1. The first-order valence-electron chi connectivity index (χ1n) is 3.09. The molecule has 0 aromatic rings. The number of ketones is 1. The molecule has 0 heterocycles. The molecule has 0 aliphatic heterocycles. The summed E-state index contributed by atoms with van der Waals surface area (Å²) in [5, 5.41) is 0. The molecular formula is C6H12AlO2. The van der Waals surface area contributed by atoms with Gasteiger partial charge in [-0.2, -0.15) is 0 Å². The minimum atomic E-state index is 0.0784. The van der Waals surface area contributed by atoms with Crippen molar-refractivity contribution in [1.82, 2.24) is 0 Å². The van der Waals surface area contributed by atoms with Crippen LogP contribution in [0.1, 0.15) is 20.3 Å². The fourth-order valence-electron chi connectivity index (χ4n) is 0.685. The van der Waals surface area contributed by atoms with Gasteiger partial charge in [-0.15, -0.1) is 0 Å². The van der Waals surface area contributed by atoms with E-state index in [1.54, 1.807) is 6.92 Å². The molecule has 0 spiro atoms. The number of hydrogen-bond donors (Lipinski definition) is 0. The first-order chi connectivity index (χ1) is 4.16. The third kappa shape index (κ3) is 6.04. The monoisotopic (exact) mass is 143 g/mol. The van der Waals surface area contributed by atoms with Crippen molar-refractivity contribution in [3.05, 3.63) is 0 Å². The Hall–Kier alpha value is 0.162. The van der Waals surface area contributed by atoms with E-state index in [2.05, 4.69) is 0 Å². The van der Waals surface area contributed by atoms with E-state index < -0.39 is 0 Å². The number of carbonyl (C=O) groups is 1. The van der Waals surface area contributed by atoms with E-state index in [0.717, 1.165) is 0 Å². The van der Waals surface area contributed by atoms with Crippen LogP contribution in [0.15, 0.2) is 0 Å². The number of hydrogen-bond acceptors (Lipinski definition) is 2. The maximum absolute atomic E-state index is 10.5. The molecule has 51 valence electrons. The zero-order valence-electron chi connectivity index (χ0n) is 6.18. The Labute approximate surface area is 62.6 Å². The summed E-state index contributed by atoms with van der Waals surface area (Å²) in [5.41, 5.74) is 0. The zero-order valence-corrected chi connectivity index (χ0v) is 7.33. The molecule has 0 bridgehead atoms. The molecular weight excluding hydrogens is 131 g/mol. The van der Waals surface area contributed by atoms with Crippen LogP contribution in [0.25, 0.3) is 0 Å². The summed E-state index contributed by atoms with van der Waals surface area (Å²) in [5.74, 6) is 2.21. The molecule has 0 N–H and O–H groups in total. The van der Waals surface area contributed by atoms with E-state index in [0.29, 0.717) is 6.42 Å². The second kappa shape index (κ2) is 4.99. The van der Waals surface area contributed by atoms with Gasteiger partial charge in [0.05, 0.1) is 0 Å². The molecule has 0 saturated carbocycles. The molecule has 0 aromatic heterocycles. The summed E-state index contributed by atoms with van der Waals surface area (Å²) in [6, 6.07) is 0. The average Bonchev–Trinajstić information content (AvgIpc) is 1.63. The Morgan fingerprint density at radius 1 is 1.78 bits per heavy atom. The van der Waals surface area contributed by atoms with Gasteiger partial charge in [-0.1, -0.05) is 5.79 Å². The van der Waals surface area contributed by atoms with Crippen molar-refractivity contribution in [3.63, 3.8) is 0 Å². The second-order valence-corrected chi connectivity index (χ2v) is 2.83. The maximum Gasteiger partial charge on any atom is 0.419 e. The highest BCUT2D eigenvalue weighted by atomic mass is 27.1. The molecule has 2 nitrogen and oxygen atoms in total. The highest BCUT2D eigenvalue weighted by Crippen LogP contribution is 1.95.